The Hall–Kier alpha value is -0.610. The molecule has 0 spiro atoms. The summed E-state index contributed by atoms with van der Waals surface area (Å²) in [5, 5.41) is 8.84. The van der Waals surface area contributed by atoms with E-state index in [0.717, 1.165) is 15.5 Å². The van der Waals surface area contributed by atoms with Gasteiger partial charge in [0, 0.05) is 11.5 Å². The van der Waals surface area contributed by atoms with Crippen molar-refractivity contribution in [3.05, 3.63) is 21.6 Å². The second-order valence-electron chi connectivity index (χ2n) is 2.42. The third kappa shape index (κ3) is 1.11. The number of hydrogen-bond acceptors (Lipinski definition) is 2. The first kappa shape index (κ1) is 8.01. The lowest BCUT2D eigenvalue weighted by Crippen LogP contribution is -1.90. The molecule has 12 heavy (non-hydrogen) atoms. The van der Waals surface area contributed by atoms with Crippen molar-refractivity contribution in [3.63, 3.8) is 0 Å². The molecule has 0 fully saturated rings. The van der Waals surface area contributed by atoms with E-state index in [2.05, 4.69) is 26.1 Å². The van der Waals surface area contributed by atoms with E-state index in [9.17, 15) is 0 Å². The Labute approximate surface area is 82.4 Å². The second-order valence-corrected chi connectivity index (χ2v) is 3.65. The average Bonchev–Trinajstić information content (AvgIpc) is 2.39. The summed E-state index contributed by atoms with van der Waals surface area (Å²) in [6.45, 7) is 0. The first-order valence-electron chi connectivity index (χ1n) is 3.33. The van der Waals surface area contributed by atoms with Crippen molar-refractivity contribution in [1.82, 2.24) is 15.0 Å². The van der Waals surface area contributed by atoms with Gasteiger partial charge in [-0.05, 0) is 28.1 Å². The molecule has 1 heterocycles. The van der Waals surface area contributed by atoms with Crippen LogP contribution in [0, 0.1) is 0 Å². The maximum absolute atomic E-state index is 5.98. The second kappa shape index (κ2) is 2.71. The van der Waals surface area contributed by atoms with E-state index in [-0.39, 0.29) is 0 Å². The molecule has 0 N–H and O–H groups in total. The zero-order valence-corrected chi connectivity index (χ0v) is 8.59. The first-order valence-corrected chi connectivity index (χ1v) is 4.50. The van der Waals surface area contributed by atoms with Crippen molar-refractivity contribution in [1.29, 1.82) is 0 Å². The fraction of sp³-hybridized carbons (Fsp3) is 0.143. The SMILES string of the molecule is Cn1nc2ccc(Br)c(Cl)c2n1. The van der Waals surface area contributed by atoms with Crippen molar-refractivity contribution in [2.45, 2.75) is 0 Å². The molecule has 0 bridgehead atoms. The Morgan fingerprint density at radius 1 is 1.42 bits per heavy atom. The number of halogens is 2. The van der Waals surface area contributed by atoms with E-state index in [1.807, 2.05) is 12.1 Å². The summed E-state index contributed by atoms with van der Waals surface area (Å²) < 4.78 is 0.845. The molecule has 1 aromatic heterocycles. The molecule has 0 aliphatic rings. The van der Waals surface area contributed by atoms with Crippen LogP contribution in [0.15, 0.2) is 16.6 Å². The Bertz CT molecular complexity index is 437. The Morgan fingerprint density at radius 2 is 2.17 bits per heavy atom. The number of hydrogen-bond donors (Lipinski definition) is 0. The highest BCUT2D eigenvalue weighted by atomic mass is 79.9. The minimum absolute atomic E-state index is 0.612. The van der Waals surface area contributed by atoms with Crippen molar-refractivity contribution < 1.29 is 0 Å². The predicted molar refractivity (Wildman–Crippen MR) is 51.2 cm³/mol. The molecule has 3 nitrogen and oxygen atoms in total. The van der Waals surface area contributed by atoms with Crippen LogP contribution in [0.3, 0.4) is 0 Å². The minimum atomic E-state index is 0.612. The van der Waals surface area contributed by atoms with Crippen molar-refractivity contribution >= 4 is 38.6 Å². The van der Waals surface area contributed by atoms with Gasteiger partial charge in [-0.25, -0.2) is 0 Å². The molecule has 62 valence electrons. The van der Waals surface area contributed by atoms with Gasteiger partial charge in [-0.2, -0.15) is 15.0 Å². The van der Waals surface area contributed by atoms with Crippen LogP contribution in [0.4, 0.5) is 0 Å². The van der Waals surface area contributed by atoms with Crippen LogP contribution < -0.4 is 0 Å². The zero-order valence-electron chi connectivity index (χ0n) is 6.25. The average molecular weight is 246 g/mol. The fourth-order valence-electron chi connectivity index (χ4n) is 1.03. The van der Waals surface area contributed by atoms with Crippen molar-refractivity contribution in [3.8, 4) is 0 Å². The van der Waals surface area contributed by atoms with Crippen LogP contribution in [0.25, 0.3) is 11.0 Å². The molecule has 2 aromatic rings. The van der Waals surface area contributed by atoms with Crippen LogP contribution in [-0.4, -0.2) is 15.0 Å². The van der Waals surface area contributed by atoms with E-state index >= 15 is 0 Å². The van der Waals surface area contributed by atoms with E-state index in [4.69, 9.17) is 11.6 Å². The van der Waals surface area contributed by atoms with E-state index in [1.165, 1.54) is 4.80 Å². The molecule has 1 aromatic carbocycles. The molecule has 0 amide bonds. The lowest BCUT2D eigenvalue weighted by Gasteiger charge is -1.92. The van der Waals surface area contributed by atoms with Gasteiger partial charge < -0.3 is 0 Å². The maximum Gasteiger partial charge on any atom is 0.132 e. The van der Waals surface area contributed by atoms with Crippen LogP contribution in [0.2, 0.25) is 5.02 Å². The highest BCUT2D eigenvalue weighted by Crippen LogP contribution is 2.28. The third-order valence-electron chi connectivity index (χ3n) is 1.54. The summed E-state index contributed by atoms with van der Waals surface area (Å²) in [7, 11) is 1.77. The summed E-state index contributed by atoms with van der Waals surface area (Å²) in [4.78, 5) is 1.50. The largest absolute Gasteiger partial charge is 0.187 e. The van der Waals surface area contributed by atoms with Crippen LogP contribution in [-0.2, 0) is 7.05 Å². The number of aryl methyl sites for hydroxylation is 1. The first-order chi connectivity index (χ1) is 5.68. The highest BCUT2D eigenvalue weighted by molar-refractivity contribution is 9.10. The molecule has 2 rings (SSSR count). The molecule has 0 radical (unpaired) electrons. The lowest BCUT2D eigenvalue weighted by molar-refractivity contribution is 0.665. The van der Waals surface area contributed by atoms with Crippen molar-refractivity contribution in [2.24, 2.45) is 7.05 Å². The Balaban J connectivity index is 2.89. The predicted octanol–water partition coefficient (Wildman–Crippen LogP) is 2.38. The van der Waals surface area contributed by atoms with Gasteiger partial charge in [-0.1, -0.05) is 11.6 Å². The van der Waals surface area contributed by atoms with Crippen molar-refractivity contribution in [2.75, 3.05) is 0 Å². The number of fused-ring (bicyclic) bond motifs is 1. The molecule has 0 aliphatic carbocycles. The fourth-order valence-corrected chi connectivity index (χ4v) is 1.55. The van der Waals surface area contributed by atoms with Gasteiger partial charge in [-0.3, -0.25) is 0 Å². The highest BCUT2D eigenvalue weighted by Gasteiger charge is 2.07. The van der Waals surface area contributed by atoms with Gasteiger partial charge in [0.2, 0.25) is 0 Å². The smallest absolute Gasteiger partial charge is 0.132 e. The summed E-state index contributed by atoms with van der Waals surface area (Å²) in [5.41, 5.74) is 1.54. The van der Waals surface area contributed by atoms with Crippen LogP contribution >= 0.6 is 27.5 Å². The number of aromatic nitrogens is 3. The molecule has 0 aliphatic heterocycles. The molecular weight excluding hydrogens is 241 g/mol. The van der Waals surface area contributed by atoms with Crippen LogP contribution in [0.1, 0.15) is 0 Å². The third-order valence-corrected chi connectivity index (χ3v) is 2.82. The van der Waals surface area contributed by atoms with Crippen LogP contribution in [0.5, 0.6) is 0 Å². The van der Waals surface area contributed by atoms with E-state index in [1.54, 1.807) is 7.05 Å². The van der Waals surface area contributed by atoms with Gasteiger partial charge in [0.15, 0.2) is 0 Å². The number of rotatable bonds is 0. The number of nitrogens with zero attached hydrogens (tertiary/aromatic N) is 3. The monoisotopic (exact) mass is 245 g/mol. The molecule has 5 heteroatoms. The van der Waals surface area contributed by atoms with E-state index in [0.29, 0.717) is 5.02 Å². The molecule has 0 saturated heterocycles. The van der Waals surface area contributed by atoms with Gasteiger partial charge in [0.25, 0.3) is 0 Å². The van der Waals surface area contributed by atoms with E-state index < -0.39 is 0 Å². The molecular formula is C7H5BrClN3. The Kier molecular flexibility index (Phi) is 1.81. The quantitative estimate of drug-likeness (QED) is 0.714. The molecule has 0 saturated carbocycles. The topological polar surface area (TPSA) is 30.7 Å². The summed E-state index contributed by atoms with van der Waals surface area (Å²) in [6.07, 6.45) is 0. The summed E-state index contributed by atoms with van der Waals surface area (Å²) >= 11 is 9.29. The molecule has 0 unspecified atom stereocenters. The zero-order chi connectivity index (χ0) is 8.72. The summed E-state index contributed by atoms with van der Waals surface area (Å²) in [6, 6.07) is 3.73. The maximum atomic E-state index is 5.98. The van der Waals surface area contributed by atoms with Gasteiger partial charge in [-0.15, -0.1) is 0 Å². The lowest BCUT2D eigenvalue weighted by atomic mass is 10.3. The number of benzene rings is 1. The molecule has 0 atom stereocenters. The summed E-state index contributed by atoms with van der Waals surface area (Å²) in [5.74, 6) is 0. The minimum Gasteiger partial charge on any atom is -0.187 e. The standard InChI is InChI=1S/C7H5BrClN3/c1-12-10-5-3-2-4(8)6(9)7(5)11-12/h2-3H,1H3. The van der Waals surface area contributed by atoms with Gasteiger partial charge in [0.1, 0.15) is 11.0 Å². The van der Waals surface area contributed by atoms with Gasteiger partial charge >= 0.3 is 0 Å². The normalized spacial score (nSPS) is 10.9. The van der Waals surface area contributed by atoms with Gasteiger partial charge in [0.05, 0.1) is 5.02 Å². The Morgan fingerprint density at radius 3 is 2.92 bits per heavy atom.